The smallest absolute Gasteiger partial charge is 0.124 e. The summed E-state index contributed by atoms with van der Waals surface area (Å²) in [6.45, 7) is 6.72. The molecular formula is C17H24ClN3O2. The lowest BCUT2D eigenvalue weighted by atomic mass is 9.98. The third-order valence-electron chi connectivity index (χ3n) is 3.82. The van der Waals surface area contributed by atoms with Crippen molar-refractivity contribution < 1.29 is 9.84 Å². The number of hydrogen-bond acceptors (Lipinski definition) is 4. The van der Waals surface area contributed by atoms with E-state index < -0.39 is 5.60 Å². The van der Waals surface area contributed by atoms with Crippen molar-refractivity contribution in [1.82, 2.24) is 15.1 Å². The van der Waals surface area contributed by atoms with Crippen LogP contribution in [-0.2, 0) is 12.6 Å². The molecule has 2 atom stereocenters. The van der Waals surface area contributed by atoms with Gasteiger partial charge in [-0.2, -0.15) is 5.10 Å². The number of ether oxygens (including phenoxy) is 1. The van der Waals surface area contributed by atoms with Gasteiger partial charge >= 0.3 is 0 Å². The van der Waals surface area contributed by atoms with Gasteiger partial charge in [-0.15, -0.1) is 0 Å². The molecule has 1 aromatic heterocycles. The minimum Gasteiger partial charge on any atom is -0.494 e. The maximum absolute atomic E-state index is 10.6. The maximum atomic E-state index is 10.6. The van der Waals surface area contributed by atoms with Gasteiger partial charge in [0.25, 0.3) is 0 Å². The number of nitrogens with zero attached hydrogens (tertiary/aromatic N) is 2. The Labute approximate surface area is 142 Å². The van der Waals surface area contributed by atoms with Crippen molar-refractivity contribution in [1.29, 1.82) is 0 Å². The predicted octanol–water partition coefficient (Wildman–Crippen LogP) is 3.03. The standard InChI is InChI=1S/C17H24ClN3O2/c1-5-23-16-7-6-14(18)8-15(16)12(2)19-11-17(3,22)13-9-20-21(4)10-13/h6-10,12,19,22H,5,11H2,1-4H3. The van der Waals surface area contributed by atoms with Crippen molar-refractivity contribution in [2.45, 2.75) is 32.4 Å². The van der Waals surface area contributed by atoms with E-state index in [1.54, 1.807) is 17.8 Å². The second-order valence-electron chi connectivity index (χ2n) is 5.89. The van der Waals surface area contributed by atoms with Crippen molar-refractivity contribution >= 4 is 11.6 Å². The van der Waals surface area contributed by atoms with Crippen molar-refractivity contribution in [2.75, 3.05) is 13.2 Å². The Bertz CT molecular complexity index is 655. The largest absolute Gasteiger partial charge is 0.494 e. The molecular weight excluding hydrogens is 314 g/mol. The van der Waals surface area contributed by atoms with E-state index >= 15 is 0 Å². The lowest BCUT2D eigenvalue weighted by molar-refractivity contribution is 0.0542. The number of benzene rings is 1. The summed E-state index contributed by atoms with van der Waals surface area (Å²) in [5.74, 6) is 0.804. The predicted molar refractivity (Wildman–Crippen MR) is 91.8 cm³/mol. The molecule has 0 radical (unpaired) electrons. The fourth-order valence-corrected chi connectivity index (χ4v) is 2.59. The van der Waals surface area contributed by atoms with Crippen LogP contribution in [0.15, 0.2) is 30.6 Å². The Balaban J connectivity index is 2.10. The van der Waals surface area contributed by atoms with E-state index in [1.807, 2.05) is 45.3 Å². The molecule has 0 bridgehead atoms. The Hall–Kier alpha value is -1.56. The molecule has 0 aliphatic carbocycles. The van der Waals surface area contributed by atoms with Crippen LogP contribution in [0.25, 0.3) is 0 Å². The monoisotopic (exact) mass is 337 g/mol. The van der Waals surface area contributed by atoms with E-state index in [-0.39, 0.29) is 6.04 Å². The van der Waals surface area contributed by atoms with E-state index in [0.29, 0.717) is 18.2 Å². The molecule has 2 unspecified atom stereocenters. The molecule has 0 aliphatic heterocycles. The highest BCUT2D eigenvalue weighted by Crippen LogP contribution is 2.29. The van der Waals surface area contributed by atoms with Crippen molar-refractivity contribution in [3.8, 4) is 5.75 Å². The van der Waals surface area contributed by atoms with Crippen LogP contribution in [0, 0.1) is 0 Å². The van der Waals surface area contributed by atoms with Crippen molar-refractivity contribution in [3.63, 3.8) is 0 Å². The van der Waals surface area contributed by atoms with Gasteiger partial charge in [0, 0.05) is 42.0 Å². The average molecular weight is 338 g/mol. The Morgan fingerprint density at radius 2 is 2.22 bits per heavy atom. The summed E-state index contributed by atoms with van der Waals surface area (Å²) >= 11 is 6.11. The lowest BCUT2D eigenvalue weighted by Crippen LogP contribution is -2.36. The average Bonchev–Trinajstić information content (AvgIpc) is 2.94. The van der Waals surface area contributed by atoms with Crippen LogP contribution in [0.3, 0.4) is 0 Å². The minimum absolute atomic E-state index is 0.0154. The number of halogens is 1. The van der Waals surface area contributed by atoms with Crippen LogP contribution in [0.2, 0.25) is 5.02 Å². The topological polar surface area (TPSA) is 59.3 Å². The molecule has 0 spiro atoms. The van der Waals surface area contributed by atoms with Crippen LogP contribution in [0.5, 0.6) is 5.75 Å². The Morgan fingerprint density at radius 1 is 1.48 bits per heavy atom. The van der Waals surface area contributed by atoms with Crippen LogP contribution in [-0.4, -0.2) is 28.0 Å². The van der Waals surface area contributed by atoms with E-state index in [4.69, 9.17) is 16.3 Å². The highest BCUT2D eigenvalue weighted by atomic mass is 35.5. The van der Waals surface area contributed by atoms with E-state index in [0.717, 1.165) is 16.9 Å². The molecule has 5 nitrogen and oxygen atoms in total. The number of aliphatic hydroxyl groups is 1. The highest BCUT2D eigenvalue weighted by Gasteiger charge is 2.25. The molecule has 6 heteroatoms. The molecule has 2 aromatic rings. The van der Waals surface area contributed by atoms with Gasteiger partial charge in [-0.3, -0.25) is 4.68 Å². The van der Waals surface area contributed by atoms with Gasteiger partial charge in [0.05, 0.1) is 12.8 Å². The molecule has 2 rings (SSSR count). The summed E-state index contributed by atoms with van der Waals surface area (Å²) in [5, 5.41) is 18.8. The maximum Gasteiger partial charge on any atom is 0.124 e. The molecule has 23 heavy (non-hydrogen) atoms. The first-order chi connectivity index (χ1) is 10.8. The van der Waals surface area contributed by atoms with Gasteiger partial charge in [-0.1, -0.05) is 11.6 Å². The molecule has 0 fully saturated rings. The molecule has 0 amide bonds. The van der Waals surface area contributed by atoms with Gasteiger partial charge in [0.2, 0.25) is 0 Å². The first-order valence-corrected chi connectivity index (χ1v) is 8.08. The summed E-state index contributed by atoms with van der Waals surface area (Å²) in [7, 11) is 1.83. The fourth-order valence-electron chi connectivity index (χ4n) is 2.41. The van der Waals surface area contributed by atoms with Crippen LogP contribution in [0.1, 0.15) is 37.9 Å². The number of hydrogen-bond donors (Lipinski definition) is 2. The third kappa shape index (κ3) is 4.47. The zero-order valence-corrected chi connectivity index (χ0v) is 14.8. The van der Waals surface area contributed by atoms with Gasteiger partial charge in [-0.05, 0) is 39.0 Å². The first kappa shape index (κ1) is 17.8. The Morgan fingerprint density at radius 3 is 2.83 bits per heavy atom. The van der Waals surface area contributed by atoms with Crippen molar-refractivity contribution in [2.24, 2.45) is 7.05 Å². The Kier molecular flexibility index (Phi) is 5.68. The quantitative estimate of drug-likeness (QED) is 0.815. The molecule has 1 aromatic carbocycles. The van der Waals surface area contributed by atoms with Crippen LogP contribution in [0.4, 0.5) is 0 Å². The fraction of sp³-hybridized carbons (Fsp3) is 0.471. The van der Waals surface area contributed by atoms with E-state index in [9.17, 15) is 5.11 Å². The number of aryl methyl sites for hydroxylation is 1. The number of rotatable bonds is 7. The summed E-state index contributed by atoms with van der Waals surface area (Å²) in [5.41, 5.74) is 0.740. The number of nitrogens with one attached hydrogen (secondary N) is 1. The van der Waals surface area contributed by atoms with Crippen LogP contribution >= 0.6 is 11.6 Å². The second-order valence-corrected chi connectivity index (χ2v) is 6.33. The first-order valence-electron chi connectivity index (χ1n) is 7.70. The molecule has 2 N–H and O–H groups in total. The second kappa shape index (κ2) is 7.34. The van der Waals surface area contributed by atoms with Gasteiger partial charge in [0.15, 0.2) is 0 Å². The third-order valence-corrected chi connectivity index (χ3v) is 4.05. The minimum atomic E-state index is -1.01. The SMILES string of the molecule is CCOc1ccc(Cl)cc1C(C)NCC(C)(O)c1cnn(C)c1. The summed E-state index contributed by atoms with van der Waals surface area (Å²) < 4.78 is 7.34. The van der Waals surface area contributed by atoms with Gasteiger partial charge in [-0.25, -0.2) is 0 Å². The van der Waals surface area contributed by atoms with E-state index in [2.05, 4.69) is 10.4 Å². The molecule has 0 aliphatic rings. The summed E-state index contributed by atoms with van der Waals surface area (Å²) in [6, 6.07) is 5.56. The van der Waals surface area contributed by atoms with E-state index in [1.165, 1.54) is 0 Å². The number of aromatic nitrogens is 2. The zero-order chi connectivity index (χ0) is 17.0. The van der Waals surface area contributed by atoms with Crippen LogP contribution < -0.4 is 10.1 Å². The highest BCUT2D eigenvalue weighted by molar-refractivity contribution is 6.30. The summed E-state index contributed by atoms with van der Waals surface area (Å²) in [6.07, 6.45) is 3.49. The molecule has 1 heterocycles. The van der Waals surface area contributed by atoms with Gasteiger partial charge < -0.3 is 15.2 Å². The lowest BCUT2D eigenvalue weighted by Gasteiger charge is -2.26. The van der Waals surface area contributed by atoms with Crippen molar-refractivity contribution in [3.05, 3.63) is 46.7 Å². The van der Waals surface area contributed by atoms with Gasteiger partial charge in [0.1, 0.15) is 11.4 Å². The molecule has 126 valence electrons. The normalized spacial score (nSPS) is 15.2. The molecule has 0 saturated heterocycles. The zero-order valence-electron chi connectivity index (χ0n) is 14.0. The summed E-state index contributed by atoms with van der Waals surface area (Å²) in [4.78, 5) is 0. The molecule has 0 saturated carbocycles.